The summed E-state index contributed by atoms with van der Waals surface area (Å²) in [5.74, 6) is 0.858. The Balaban J connectivity index is 1.40. The number of benzene rings is 3. The van der Waals surface area contributed by atoms with E-state index in [9.17, 15) is 4.79 Å². The van der Waals surface area contributed by atoms with Crippen LogP contribution >= 0.6 is 0 Å². The van der Waals surface area contributed by atoms with E-state index in [0.717, 1.165) is 29.5 Å². The first kappa shape index (κ1) is 19.4. The highest BCUT2D eigenvalue weighted by molar-refractivity contribution is 5.81. The van der Waals surface area contributed by atoms with Gasteiger partial charge < -0.3 is 10.1 Å². The maximum Gasteiger partial charge on any atom is 0.221 e. The number of amides is 1. The Morgan fingerprint density at radius 2 is 2.00 bits per heavy atom. The number of hydrogen-bond donors (Lipinski definition) is 1. The van der Waals surface area contributed by atoms with Gasteiger partial charge in [0.15, 0.2) is 0 Å². The van der Waals surface area contributed by atoms with Gasteiger partial charge in [-0.15, -0.1) is 0 Å². The molecule has 5 nitrogen and oxygen atoms in total. The molecule has 0 saturated heterocycles. The Morgan fingerprint density at radius 3 is 2.84 bits per heavy atom. The van der Waals surface area contributed by atoms with Crippen LogP contribution in [0, 0.1) is 0 Å². The fourth-order valence-electron chi connectivity index (χ4n) is 4.44. The maximum absolute atomic E-state index is 11.5. The third-order valence-electron chi connectivity index (χ3n) is 6.00. The molecule has 156 valence electrons. The summed E-state index contributed by atoms with van der Waals surface area (Å²) in [7, 11) is 1.65. The van der Waals surface area contributed by atoms with Gasteiger partial charge in [-0.2, -0.15) is 5.10 Å². The van der Waals surface area contributed by atoms with E-state index in [1.807, 2.05) is 35.1 Å². The fourth-order valence-corrected chi connectivity index (χ4v) is 4.44. The molecule has 4 aromatic rings. The van der Waals surface area contributed by atoms with Crippen LogP contribution in [-0.4, -0.2) is 22.7 Å². The minimum Gasteiger partial charge on any atom is -0.486 e. The van der Waals surface area contributed by atoms with Gasteiger partial charge in [0.1, 0.15) is 11.9 Å². The Bertz CT molecular complexity index is 1230. The van der Waals surface area contributed by atoms with Crippen molar-refractivity contribution in [3.63, 3.8) is 0 Å². The molecule has 1 amide bonds. The minimum absolute atomic E-state index is 0.0118. The summed E-state index contributed by atoms with van der Waals surface area (Å²) in [6, 6.07) is 23.1. The average molecular weight is 412 g/mol. The van der Waals surface area contributed by atoms with E-state index in [2.05, 4.69) is 52.9 Å². The molecule has 1 aliphatic carbocycles. The van der Waals surface area contributed by atoms with Gasteiger partial charge in [-0.25, -0.2) is 0 Å². The van der Waals surface area contributed by atoms with E-state index in [-0.39, 0.29) is 12.0 Å². The predicted molar refractivity (Wildman–Crippen MR) is 122 cm³/mol. The summed E-state index contributed by atoms with van der Waals surface area (Å²) >= 11 is 0. The summed E-state index contributed by atoms with van der Waals surface area (Å²) in [6.45, 7) is 0.555. The highest BCUT2D eigenvalue weighted by Crippen LogP contribution is 2.41. The van der Waals surface area contributed by atoms with Gasteiger partial charge in [-0.3, -0.25) is 9.48 Å². The van der Waals surface area contributed by atoms with Crippen LogP contribution in [0.5, 0.6) is 5.75 Å². The van der Waals surface area contributed by atoms with Crippen LogP contribution in [0.2, 0.25) is 0 Å². The van der Waals surface area contributed by atoms with E-state index in [4.69, 9.17) is 4.74 Å². The van der Waals surface area contributed by atoms with Crippen molar-refractivity contribution < 1.29 is 9.53 Å². The minimum atomic E-state index is 0.0118. The smallest absolute Gasteiger partial charge is 0.221 e. The molecule has 0 radical (unpaired) electrons. The van der Waals surface area contributed by atoms with Crippen molar-refractivity contribution in [3.05, 3.63) is 84.1 Å². The van der Waals surface area contributed by atoms with Crippen molar-refractivity contribution in [1.29, 1.82) is 0 Å². The highest BCUT2D eigenvalue weighted by Gasteiger charge is 2.27. The molecule has 1 atom stereocenters. The van der Waals surface area contributed by atoms with Crippen molar-refractivity contribution in [1.82, 2.24) is 15.1 Å². The maximum atomic E-state index is 11.5. The van der Waals surface area contributed by atoms with E-state index in [0.29, 0.717) is 13.0 Å². The van der Waals surface area contributed by atoms with Gasteiger partial charge in [0.05, 0.1) is 18.3 Å². The third-order valence-corrected chi connectivity index (χ3v) is 6.00. The van der Waals surface area contributed by atoms with Crippen LogP contribution in [-0.2, 0) is 17.8 Å². The monoisotopic (exact) mass is 411 g/mol. The van der Waals surface area contributed by atoms with Crippen molar-refractivity contribution in [2.24, 2.45) is 0 Å². The Hall–Kier alpha value is -3.60. The number of aromatic nitrogens is 2. The molecular formula is C26H25N3O2. The molecule has 0 saturated carbocycles. The van der Waals surface area contributed by atoms with Gasteiger partial charge >= 0.3 is 0 Å². The molecule has 0 spiro atoms. The number of rotatable bonds is 6. The predicted octanol–water partition coefficient (Wildman–Crippen LogP) is 4.91. The number of hydrogen-bond acceptors (Lipinski definition) is 3. The normalized spacial score (nSPS) is 15.1. The molecule has 1 aromatic heterocycles. The first-order chi connectivity index (χ1) is 15.2. The molecule has 5 heteroatoms. The van der Waals surface area contributed by atoms with Gasteiger partial charge in [0.2, 0.25) is 5.91 Å². The standard InChI is InChI=1S/C26H25N3O2/c1-27-25(30)14-15-29-23-12-11-21(16-20(23)17-28-29)31-24-13-10-19-8-5-9-22(26(19)24)18-6-3-2-4-7-18/h2-9,11-12,16-17,24H,10,13-15H2,1H3,(H,27,30). The third kappa shape index (κ3) is 3.79. The van der Waals surface area contributed by atoms with Crippen LogP contribution in [0.15, 0.2) is 72.9 Å². The lowest BCUT2D eigenvalue weighted by molar-refractivity contribution is -0.120. The van der Waals surface area contributed by atoms with Crippen LogP contribution < -0.4 is 10.1 Å². The molecule has 3 aromatic carbocycles. The quantitative estimate of drug-likeness (QED) is 0.491. The molecular weight excluding hydrogens is 386 g/mol. The number of carbonyl (C=O) groups excluding carboxylic acids is 1. The second kappa shape index (κ2) is 8.26. The first-order valence-electron chi connectivity index (χ1n) is 10.7. The van der Waals surface area contributed by atoms with Crippen LogP contribution in [0.4, 0.5) is 0 Å². The van der Waals surface area contributed by atoms with Crippen LogP contribution in [0.1, 0.15) is 30.1 Å². The average Bonchev–Trinajstić information content (AvgIpc) is 3.42. The fraction of sp³-hybridized carbons (Fsp3) is 0.231. The zero-order valence-electron chi connectivity index (χ0n) is 17.5. The Labute approximate surface area is 181 Å². The second-order valence-electron chi connectivity index (χ2n) is 7.90. The molecule has 0 fully saturated rings. The number of nitrogens with one attached hydrogen (secondary N) is 1. The van der Waals surface area contributed by atoms with Gasteiger partial charge in [0.25, 0.3) is 0 Å². The van der Waals surface area contributed by atoms with Gasteiger partial charge in [-0.1, -0.05) is 48.5 Å². The first-order valence-corrected chi connectivity index (χ1v) is 10.7. The number of ether oxygens (including phenoxy) is 1. The van der Waals surface area contributed by atoms with Crippen LogP contribution in [0.25, 0.3) is 22.0 Å². The molecule has 1 N–H and O–H groups in total. The van der Waals surface area contributed by atoms with E-state index >= 15 is 0 Å². The topological polar surface area (TPSA) is 56.2 Å². The van der Waals surface area contributed by atoms with Gasteiger partial charge in [-0.05, 0) is 47.7 Å². The molecule has 1 unspecified atom stereocenters. The van der Waals surface area contributed by atoms with E-state index in [1.54, 1.807) is 7.05 Å². The molecule has 31 heavy (non-hydrogen) atoms. The zero-order chi connectivity index (χ0) is 21.2. The largest absolute Gasteiger partial charge is 0.486 e. The Kier molecular flexibility index (Phi) is 5.16. The molecule has 0 aliphatic heterocycles. The highest BCUT2D eigenvalue weighted by atomic mass is 16.5. The second-order valence-corrected chi connectivity index (χ2v) is 7.90. The van der Waals surface area contributed by atoms with Crippen LogP contribution in [0.3, 0.4) is 0 Å². The molecule has 1 aliphatic rings. The Morgan fingerprint density at radius 1 is 1.13 bits per heavy atom. The summed E-state index contributed by atoms with van der Waals surface area (Å²) in [5.41, 5.74) is 6.16. The lowest BCUT2D eigenvalue weighted by atomic mass is 9.96. The number of fused-ring (bicyclic) bond motifs is 2. The zero-order valence-corrected chi connectivity index (χ0v) is 17.5. The molecule has 0 bridgehead atoms. The van der Waals surface area contributed by atoms with Gasteiger partial charge in [0, 0.05) is 24.4 Å². The lowest BCUT2D eigenvalue weighted by Gasteiger charge is -2.18. The number of carbonyl (C=O) groups is 1. The summed E-state index contributed by atoms with van der Waals surface area (Å²) in [4.78, 5) is 11.5. The van der Waals surface area contributed by atoms with E-state index in [1.165, 1.54) is 22.3 Å². The summed E-state index contributed by atoms with van der Waals surface area (Å²) in [5, 5.41) is 8.11. The van der Waals surface area contributed by atoms with Crippen molar-refractivity contribution >= 4 is 16.8 Å². The number of aryl methyl sites for hydroxylation is 2. The summed E-state index contributed by atoms with van der Waals surface area (Å²) < 4.78 is 8.36. The molecule has 1 heterocycles. The number of nitrogens with zero attached hydrogens (tertiary/aromatic N) is 2. The van der Waals surface area contributed by atoms with E-state index < -0.39 is 0 Å². The van der Waals surface area contributed by atoms with Crippen molar-refractivity contribution in [2.75, 3.05) is 7.05 Å². The SMILES string of the molecule is CNC(=O)CCn1ncc2cc(OC3CCc4cccc(-c5ccccc5)c43)ccc21. The lowest BCUT2D eigenvalue weighted by Crippen LogP contribution is -2.19. The molecule has 5 rings (SSSR count). The summed E-state index contributed by atoms with van der Waals surface area (Å²) in [6.07, 6.45) is 4.28. The van der Waals surface area contributed by atoms with Crippen molar-refractivity contribution in [2.45, 2.75) is 31.9 Å². The van der Waals surface area contributed by atoms with Crippen molar-refractivity contribution in [3.8, 4) is 16.9 Å².